The third-order valence-corrected chi connectivity index (χ3v) is 5.04. The van der Waals surface area contributed by atoms with Gasteiger partial charge >= 0.3 is 0 Å². The predicted molar refractivity (Wildman–Crippen MR) is 118 cm³/mol. The molecular formula is C24H20N4O3. The molecule has 3 aromatic carbocycles. The molecule has 0 unspecified atom stereocenters. The molecule has 1 atom stereocenters. The van der Waals surface area contributed by atoms with Crippen molar-refractivity contribution in [3.8, 4) is 0 Å². The van der Waals surface area contributed by atoms with Gasteiger partial charge in [0.15, 0.2) is 5.78 Å². The number of imidazole rings is 1. The molecule has 1 N–H and O–H groups in total. The Morgan fingerprint density at radius 2 is 1.68 bits per heavy atom. The highest BCUT2D eigenvalue weighted by Crippen LogP contribution is 2.32. The molecule has 4 rings (SSSR count). The van der Waals surface area contributed by atoms with Crippen LogP contribution in [0.15, 0.2) is 91.3 Å². The van der Waals surface area contributed by atoms with Crippen molar-refractivity contribution >= 4 is 17.2 Å². The van der Waals surface area contributed by atoms with Crippen molar-refractivity contribution in [2.75, 3.05) is 5.32 Å². The highest BCUT2D eigenvalue weighted by Gasteiger charge is 2.24. The highest BCUT2D eigenvalue weighted by molar-refractivity contribution is 6.09. The van der Waals surface area contributed by atoms with Crippen molar-refractivity contribution < 1.29 is 9.72 Å². The summed E-state index contributed by atoms with van der Waals surface area (Å²) in [5, 5.41) is 15.1. The van der Waals surface area contributed by atoms with Gasteiger partial charge in [0.1, 0.15) is 17.6 Å². The zero-order chi connectivity index (χ0) is 21.8. The molecule has 0 aliphatic carbocycles. The number of ketones is 1. The predicted octanol–water partition coefficient (Wildman–Crippen LogP) is 4.76. The first kappa shape index (κ1) is 20.0. The van der Waals surface area contributed by atoms with E-state index in [4.69, 9.17) is 0 Å². The van der Waals surface area contributed by atoms with Crippen LogP contribution in [0.25, 0.3) is 0 Å². The molecule has 0 aliphatic rings. The number of hydrogen-bond donors (Lipinski definition) is 1. The first-order valence-electron chi connectivity index (χ1n) is 9.71. The Balaban J connectivity index is 1.73. The van der Waals surface area contributed by atoms with Crippen molar-refractivity contribution in [3.05, 3.63) is 124 Å². The van der Waals surface area contributed by atoms with Gasteiger partial charge in [-0.25, -0.2) is 4.98 Å². The van der Waals surface area contributed by atoms with Gasteiger partial charge in [-0.05, 0) is 17.7 Å². The first-order valence-corrected chi connectivity index (χ1v) is 9.71. The smallest absolute Gasteiger partial charge is 0.293 e. The summed E-state index contributed by atoms with van der Waals surface area (Å²) in [6.07, 6.45) is 3.51. The Labute approximate surface area is 179 Å². The van der Waals surface area contributed by atoms with E-state index < -0.39 is 11.0 Å². The number of carbonyl (C=O) groups is 1. The molecule has 0 spiro atoms. The molecule has 7 heteroatoms. The van der Waals surface area contributed by atoms with E-state index >= 15 is 0 Å². The number of hydrogen-bond acceptors (Lipinski definition) is 5. The summed E-state index contributed by atoms with van der Waals surface area (Å²) in [7, 11) is 1.87. The van der Waals surface area contributed by atoms with E-state index in [9.17, 15) is 14.9 Å². The van der Waals surface area contributed by atoms with Gasteiger partial charge in [-0.1, -0.05) is 60.7 Å². The number of nitrogens with one attached hydrogen (secondary N) is 1. The lowest BCUT2D eigenvalue weighted by molar-refractivity contribution is -0.384. The van der Waals surface area contributed by atoms with Crippen LogP contribution >= 0.6 is 0 Å². The second-order valence-corrected chi connectivity index (χ2v) is 7.07. The van der Waals surface area contributed by atoms with Gasteiger partial charge in [0.2, 0.25) is 0 Å². The Bertz CT molecular complexity index is 1220. The van der Waals surface area contributed by atoms with Crippen LogP contribution in [-0.4, -0.2) is 20.3 Å². The summed E-state index contributed by atoms with van der Waals surface area (Å²) in [5.74, 6) is 0.448. The minimum absolute atomic E-state index is 0.170. The Morgan fingerprint density at radius 3 is 2.29 bits per heavy atom. The molecule has 0 fully saturated rings. The van der Waals surface area contributed by atoms with Gasteiger partial charge in [-0.15, -0.1) is 0 Å². The fourth-order valence-corrected chi connectivity index (χ4v) is 3.46. The standard InChI is InChI=1S/C24H20N4O3/c1-27-15-14-25-24(27)22(17-8-4-2-5-9-17)26-20-13-12-19(16-21(20)28(30)31)23(29)18-10-6-3-7-11-18/h2-16,22,26H,1H3/t22-/m1/s1. The van der Waals surface area contributed by atoms with Crippen LogP contribution in [0.3, 0.4) is 0 Å². The molecule has 7 nitrogen and oxygen atoms in total. The number of nitro groups is 1. The van der Waals surface area contributed by atoms with E-state index in [1.807, 2.05) is 54.2 Å². The number of anilines is 1. The molecule has 1 aromatic heterocycles. The quantitative estimate of drug-likeness (QED) is 0.268. The van der Waals surface area contributed by atoms with Crippen molar-refractivity contribution in [2.24, 2.45) is 7.05 Å². The fraction of sp³-hybridized carbons (Fsp3) is 0.0833. The van der Waals surface area contributed by atoms with Crippen LogP contribution in [0, 0.1) is 10.1 Å². The summed E-state index contributed by atoms with van der Waals surface area (Å²) < 4.78 is 1.86. The molecule has 4 aromatic rings. The van der Waals surface area contributed by atoms with Crippen LogP contribution in [-0.2, 0) is 7.05 Å². The normalized spacial score (nSPS) is 11.6. The lowest BCUT2D eigenvalue weighted by atomic mass is 10.0. The van der Waals surface area contributed by atoms with Gasteiger partial charge < -0.3 is 9.88 Å². The number of nitro benzene ring substituents is 1. The van der Waals surface area contributed by atoms with Gasteiger partial charge in [-0.3, -0.25) is 14.9 Å². The van der Waals surface area contributed by atoms with E-state index in [0.29, 0.717) is 17.1 Å². The number of aryl methyl sites for hydroxylation is 1. The summed E-state index contributed by atoms with van der Waals surface area (Å²) >= 11 is 0. The molecule has 0 aliphatic heterocycles. The second-order valence-electron chi connectivity index (χ2n) is 7.07. The van der Waals surface area contributed by atoms with Crippen LogP contribution in [0.5, 0.6) is 0 Å². The fourth-order valence-electron chi connectivity index (χ4n) is 3.46. The van der Waals surface area contributed by atoms with Gasteiger partial charge in [0, 0.05) is 36.6 Å². The van der Waals surface area contributed by atoms with Gasteiger partial charge in [0.25, 0.3) is 5.69 Å². The summed E-state index contributed by atoms with van der Waals surface area (Å²) in [4.78, 5) is 28.5. The number of carbonyl (C=O) groups excluding carboxylic acids is 1. The molecular weight excluding hydrogens is 392 g/mol. The number of aromatic nitrogens is 2. The first-order chi connectivity index (χ1) is 15.0. The minimum atomic E-state index is -0.482. The van der Waals surface area contributed by atoms with Crippen LogP contribution < -0.4 is 5.32 Å². The molecule has 0 amide bonds. The maximum Gasteiger partial charge on any atom is 0.293 e. The van der Waals surface area contributed by atoms with Crippen LogP contribution in [0.1, 0.15) is 33.4 Å². The van der Waals surface area contributed by atoms with Crippen molar-refractivity contribution in [1.29, 1.82) is 0 Å². The molecule has 0 saturated heterocycles. The van der Waals surface area contributed by atoms with Crippen LogP contribution in [0.4, 0.5) is 11.4 Å². The zero-order valence-corrected chi connectivity index (χ0v) is 16.8. The van der Waals surface area contributed by atoms with E-state index in [2.05, 4.69) is 10.3 Å². The molecule has 1 heterocycles. The van der Waals surface area contributed by atoms with Crippen molar-refractivity contribution in [2.45, 2.75) is 6.04 Å². The average Bonchev–Trinajstić information content (AvgIpc) is 3.23. The molecule has 0 radical (unpaired) electrons. The molecule has 0 saturated carbocycles. The Morgan fingerprint density at radius 1 is 1.00 bits per heavy atom. The maximum absolute atomic E-state index is 12.8. The van der Waals surface area contributed by atoms with Crippen molar-refractivity contribution in [1.82, 2.24) is 9.55 Å². The van der Waals surface area contributed by atoms with E-state index in [1.165, 1.54) is 6.07 Å². The average molecular weight is 412 g/mol. The second kappa shape index (κ2) is 8.62. The largest absolute Gasteiger partial charge is 0.366 e. The molecule has 31 heavy (non-hydrogen) atoms. The zero-order valence-electron chi connectivity index (χ0n) is 16.8. The highest BCUT2D eigenvalue weighted by atomic mass is 16.6. The minimum Gasteiger partial charge on any atom is -0.366 e. The number of benzene rings is 3. The Kier molecular flexibility index (Phi) is 5.57. The molecule has 154 valence electrons. The van der Waals surface area contributed by atoms with Crippen molar-refractivity contribution in [3.63, 3.8) is 0 Å². The lowest BCUT2D eigenvalue weighted by Crippen LogP contribution is -2.17. The van der Waals surface area contributed by atoms with Crippen LogP contribution in [0.2, 0.25) is 0 Å². The third-order valence-electron chi connectivity index (χ3n) is 5.04. The number of nitrogens with zero attached hydrogens (tertiary/aromatic N) is 3. The van der Waals surface area contributed by atoms with Gasteiger partial charge in [0.05, 0.1) is 4.92 Å². The third kappa shape index (κ3) is 4.20. The van der Waals surface area contributed by atoms with E-state index in [0.717, 1.165) is 5.56 Å². The lowest BCUT2D eigenvalue weighted by Gasteiger charge is -2.20. The topological polar surface area (TPSA) is 90.1 Å². The monoisotopic (exact) mass is 412 g/mol. The number of rotatable bonds is 7. The molecule has 0 bridgehead atoms. The van der Waals surface area contributed by atoms with E-state index in [1.54, 1.807) is 42.6 Å². The van der Waals surface area contributed by atoms with Gasteiger partial charge in [-0.2, -0.15) is 0 Å². The SMILES string of the molecule is Cn1ccnc1[C@H](Nc1ccc(C(=O)c2ccccc2)cc1[N+](=O)[O-])c1ccccc1. The summed E-state index contributed by atoms with van der Waals surface area (Å²) in [6.45, 7) is 0. The summed E-state index contributed by atoms with van der Waals surface area (Å²) in [6, 6.07) is 22.4. The summed E-state index contributed by atoms with van der Waals surface area (Å²) in [5.41, 5.74) is 1.79. The van der Waals surface area contributed by atoms with E-state index in [-0.39, 0.29) is 17.0 Å². The Hall–Kier alpha value is -4.26. The maximum atomic E-state index is 12.8.